The molecule has 5 rings (SSSR count). The average Bonchev–Trinajstić information content (AvgIpc) is 3.07. The third-order valence-corrected chi connectivity index (χ3v) is 6.17. The van der Waals surface area contributed by atoms with E-state index in [0.29, 0.717) is 22.2 Å². The fourth-order valence-electron chi connectivity index (χ4n) is 4.29. The standard InChI is InChI=1S/C30H21F3N2O4/c1-3-38-29(37)20-12-10-18(14-21(15-20)30(31,32)33)8-9-19-11-13-26(34-17-19)24-16-25-27(39-35(2)28(25)36)23-7-5-4-6-22(23)24/h4-7,11-17H,3,10H2,1-2H3. The first kappa shape index (κ1) is 25.8. The third kappa shape index (κ3) is 5.14. The quantitative estimate of drug-likeness (QED) is 0.240. The van der Waals surface area contributed by atoms with Crippen molar-refractivity contribution in [3.8, 4) is 23.1 Å². The van der Waals surface area contributed by atoms with E-state index in [1.54, 1.807) is 32.2 Å². The predicted molar refractivity (Wildman–Crippen MR) is 141 cm³/mol. The molecule has 0 amide bonds. The highest BCUT2D eigenvalue weighted by Crippen LogP contribution is 2.34. The summed E-state index contributed by atoms with van der Waals surface area (Å²) in [6, 6.07) is 12.7. The van der Waals surface area contributed by atoms with Crippen LogP contribution in [0.3, 0.4) is 0 Å². The Bertz CT molecular complexity index is 1830. The van der Waals surface area contributed by atoms with Gasteiger partial charge in [0.1, 0.15) is 0 Å². The molecule has 0 radical (unpaired) electrons. The monoisotopic (exact) mass is 530 g/mol. The minimum atomic E-state index is -4.66. The molecule has 0 fully saturated rings. The summed E-state index contributed by atoms with van der Waals surface area (Å²) in [4.78, 5) is 29.1. The van der Waals surface area contributed by atoms with Gasteiger partial charge in [0.25, 0.3) is 5.56 Å². The highest BCUT2D eigenvalue weighted by Gasteiger charge is 2.33. The number of benzene rings is 2. The second kappa shape index (κ2) is 10.1. The van der Waals surface area contributed by atoms with Gasteiger partial charge in [-0.3, -0.25) is 9.78 Å². The van der Waals surface area contributed by atoms with Gasteiger partial charge in [0, 0.05) is 35.3 Å². The lowest BCUT2D eigenvalue weighted by Crippen LogP contribution is -2.12. The molecule has 0 unspecified atom stereocenters. The molecule has 196 valence electrons. The van der Waals surface area contributed by atoms with Crippen LogP contribution >= 0.6 is 0 Å². The van der Waals surface area contributed by atoms with Crippen molar-refractivity contribution in [2.75, 3.05) is 6.61 Å². The first-order chi connectivity index (χ1) is 18.7. The van der Waals surface area contributed by atoms with Crippen LogP contribution in [0.15, 0.2) is 92.9 Å². The second-order valence-electron chi connectivity index (χ2n) is 8.77. The molecule has 0 atom stereocenters. The minimum absolute atomic E-state index is 0.0361. The molecule has 1 aliphatic carbocycles. The first-order valence-electron chi connectivity index (χ1n) is 12.0. The zero-order chi connectivity index (χ0) is 27.7. The first-order valence-corrected chi connectivity index (χ1v) is 12.0. The number of ether oxygens (including phenoxy) is 1. The molecular formula is C30H21F3N2O4. The van der Waals surface area contributed by atoms with Crippen LogP contribution in [0.25, 0.3) is 33.0 Å². The molecule has 0 saturated heterocycles. The lowest BCUT2D eigenvalue weighted by molar-refractivity contribution is -0.138. The van der Waals surface area contributed by atoms with Crippen LogP contribution in [-0.2, 0) is 16.6 Å². The van der Waals surface area contributed by atoms with Crippen molar-refractivity contribution in [2.24, 2.45) is 7.05 Å². The molecule has 0 spiro atoms. The zero-order valence-electron chi connectivity index (χ0n) is 20.9. The number of fused-ring (bicyclic) bond motifs is 3. The fraction of sp³-hybridized carbons (Fsp3) is 0.167. The van der Waals surface area contributed by atoms with Gasteiger partial charge in [0.05, 0.1) is 28.8 Å². The van der Waals surface area contributed by atoms with Crippen molar-refractivity contribution in [1.29, 1.82) is 0 Å². The van der Waals surface area contributed by atoms with Crippen molar-refractivity contribution >= 4 is 27.7 Å². The Hall–Kier alpha value is -4.84. The van der Waals surface area contributed by atoms with Gasteiger partial charge in [-0.15, -0.1) is 0 Å². The van der Waals surface area contributed by atoms with Gasteiger partial charge in [0.2, 0.25) is 0 Å². The SMILES string of the molecule is CCOC(=O)C1=CCC(C#Cc2ccc(-c3cc4c(=O)n(C)oc4c4ccccc34)nc2)=CC(C(F)(F)F)=C1. The molecule has 0 saturated carbocycles. The van der Waals surface area contributed by atoms with E-state index < -0.39 is 17.7 Å². The Morgan fingerprint density at radius 3 is 2.56 bits per heavy atom. The van der Waals surface area contributed by atoms with Gasteiger partial charge in [-0.05, 0) is 49.1 Å². The molecule has 1 aliphatic rings. The van der Waals surface area contributed by atoms with E-state index in [4.69, 9.17) is 9.26 Å². The molecule has 6 nitrogen and oxygen atoms in total. The van der Waals surface area contributed by atoms with Crippen molar-refractivity contribution in [3.05, 3.63) is 99.5 Å². The molecule has 2 aromatic carbocycles. The number of hydrogen-bond acceptors (Lipinski definition) is 5. The van der Waals surface area contributed by atoms with E-state index in [2.05, 4.69) is 16.8 Å². The maximum Gasteiger partial charge on any atom is 0.416 e. The van der Waals surface area contributed by atoms with Crippen molar-refractivity contribution in [1.82, 2.24) is 9.72 Å². The summed E-state index contributed by atoms with van der Waals surface area (Å²) in [5.41, 5.74) is 1.09. The van der Waals surface area contributed by atoms with E-state index in [1.165, 1.54) is 17.0 Å². The number of halogens is 3. The molecule has 9 heteroatoms. The van der Waals surface area contributed by atoms with Crippen LogP contribution in [0.1, 0.15) is 18.9 Å². The van der Waals surface area contributed by atoms with E-state index in [-0.39, 0.29) is 29.7 Å². The van der Waals surface area contributed by atoms with Gasteiger partial charge in [-0.2, -0.15) is 17.9 Å². The maximum atomic E-state index is 13.5. The average molecular weight is 531 g/mol. The number of carbonyl (C=O) groups is 1. The lowest BCUT2D eigenvalue weighted by atomic mass is 9.99. The molecule has 0 N–H and O–H groups in total. The second-order valence-corrected chi connectivity index (χ2v) is 8.77. The van der Waals surface area contributed by atoms with Crippen LogP contribution in [0.2, 0.25) is 0 Å². The molecule has 0 aliphatic heterocycles. The summed E-state index contributed by atoms with van der Waals surface area (Å²) in [6.45, 7) is 1.63. The van der Waals surface area contributed by atoms with Gasteiger partial charge in [-0.1, -0.05) is 42.2 Å². The van der Waals surface area contributed by atoms with Crippen LogP contribution in [-0.4, -0.2) is 28.5 Å². The molecule has 4 aromatic rings. The van der Waals surface area contributed by atoms with Gasteiger partial charge >= 0.3 is 12.1 Å². The van der Waals surface area contributed by atoms with Crippen molar-refractivity contribution in [2.45, 2.75) is 19.5 Å². The number of allylic oxidation sites excluding steroid dienone is 4. The third-order valence-electron chi connectivity index (χ3n) is 6.17. The molecule has 39 heavy (non-hydrogen) atoms. The number of alkyl halides is 3. The van der Waals surface area contributed by atoms with Gasteiger partial charge in [0.15, 0.2) is 5.58 Å². The number of hydrogen-bond donors (Lipinski definition) is 0. The molecule has 2 heterocycles. The molecule has 2 aromatic heterocycles. The number of aromatic nitrogens is 2. The Morgan fingerprint density at radius 1 is 1.10 bits per heavy atom. The number of aryl methyl sites for hydroxylation is 1. The Labute approximate surface area is 220 Å². The van der Waals surface area contributed by atoms with Gasteiger partial charge in [-0.25, -0.2) is 4.79 Å². The van der Waals surface area contributed by atoms with Crippen molar-refractivity contribution < 1.29 is 27.2 Å². The van der Waals surface area contributed by atoms with Crippen LogP contribution in [0.4, 0.5) is 13.2 Å². The predicted octanol–water partition coefficient (Wildman–Crippen LogP) is 6.01. The summed E-state index contributed by atoms with van der Waals surface area (Å²) < 4.78 is 52.3. The number of esters is 1. The van der Waals surface area contributed by atoms with E-state index in [1.807, 2.05) is 24.3 Å². The largest absolute Gasteiger partial charge is 0.462 e. The highest BCUT2D eigenvalue weighted by molar-refractivity contribution is 6.10. The number of nitrogens with zero attached hydrogens (tertiary/aromatic N) is 2. The summed E-state index contributed by atoms with van der Waals surface area (Å²) in [5.74, 6) is 4.81. The van der Waals surface area contributed by atoms with E-state index >= 15 is 0 Å². The number of pyridine rings is 1. The van der Waals surface area contributed by atoms with Crippen LogP contribution < -0.4 is 5.56 Å². The summed E-state index contributed by atoms with van der Waals surface area (Å²) in [6.07, 6.45) is -0.0193. The number of carbonyl (C=O) groups excluding carboxylic acids is 1. The molecular weight excluding hydrogens is 509 g/mol. The Morgan fingerprint density at radius 2 is 1.87 bits per heavy atom. The van der Waals surface area contributed by atoms with E-state index in [0.717, 1.165) is 28.5 Å². The minimum Gasteiger partial charge on any atom is -0.462 e. The Balaban J connectivity index is 1.48. The summed E-state index contributed by atoms with van der Waals surface area (Å²) >= 11 is 0. The van der Waals surface area contributed by atoms with Crippen molar-refractivity contribution in [3.63, 3.8) is 0 Å². The normalized spacial score (nSPS) is 13.7. The van der Waals surface area contributed by atoms with Crippen LogP contribution in [0.5, 0.6) is 0 Å². The smallest absolute Gasteiger partial charge is 0.416 e. The topological polar surface area (TPSA) is 74.3 Å². The summed E-state index contributed by atoms with van der Waals surface area (Å²) in [5, 5.41) is 2.06. The van der Waals surface area contributed by atoms with Gasteiger partial charge < -0.3 is 9.26 Å². The van der Waals surface area contributed by atoms with E-state index in [9.17, 15) is 22.8 Å². The number of rotatable bonds is 3. The van der Waals surface area contributed by atoms with Crippen LogP contribution in [0, 0.1) is 11.8 Å². The lowest BCUT2D eigenvalue weighted by Gasteiger charge is -2.08. The summed E-state index contributed by atoms with van der Waals surface area (Å²) in [7, 11) is 1.55. The maximum absolute atomic E-state index is 13.5. The fourth-order valence-corrected chi connectivity index (χ4v) is 4.29. The zero-order valence-corrected chi connectivity index (χ0v) is 20.9. The Kier molecular flexibility index (Phi) is 6.71. The molecule has 0 bridgehead atoms. The highest BCUT2D eigenvalue weighted by atomic mass is 19.4.